The van der Waals surface area contributed by atoms with Crippen LogP contribution in [-0.4, -0.2) is 14.1 Å². The quantitative estimate of drug-likeness (QED) is 0.239. The molecular formula is C35H27N3O. The van der Waals surface area contributed by atoms with Gasteiger partial charge >= 0.3 is 5.69 Å². The summed E-state index contributed by atoms with van der Waals surface area (Å²) in [5.74, 6) is 0. The van der Waals surface area contributed by atoms with Gasteiger partial charge in [-0.25, -0.2) is 4.79 Å². The fourth-order valence-electron chi connectivity index (χ4n) is 5.96. The van der Waals surface area contributed by atoms with E-state index in [0.717, 1.165) is 44.2 Å². The second kappa shape index (κ2) is 9.34. The summed E-state index contributed by atoms with van der Waals surface area (Å²) in [5, 5.41) is 1.08. The fourth-order valence-corrected chi connectivity index (χ4v) is 5.96. The fraction of sp³-hybridized carbons (Fsp3) is 0.0571. The average Bonchev–Trinajstić information content (AvgIpc) is 3.54. The number of imidazole rings is 1. The number of aromatic nitrogens is 3. The van der Waals surface area contributed by atoms with Crippen LogP contribution in [0.4, 0.5) is 0 Å². The van der Waals surface area contributed by atoms with E-state index in [1.54, 1.807) is 0 Å². The van der Waals surface area contributed by atoms with Crippen LogP contribution in [0.2, 0.25) is 0 Å². The van der Waals surface area contributed by atoms with E-state index in [4.69, 9.17) is 0 Å². The second-order valence-corrected chi connectivity index (χ2v) is 9.92. The predicted octanol–water partition coefficient (Wildman–Crippen LogP) is 7.17. The highest BCUT2D eigenvalue weighted by Crippen LogP contribution is 2.43. The number of nitrogens with one attached hydrogen (secondary N) is 1. The van der Waals surface area contributed by atoms with Crippen LogP contribution in [0.5, 0.6) is 0 Å². The van der Waals surface area contributed by atoms with Gasteiger partial charge in [0.15, 0.2) is 0 Å². The summed E-state index contributed by atoms with van der Waals surface area (Å²) in [6, 6.07) is 48.5. The van der Waals surface area contributed by atoms with Crippen molar-refractivity contribution in [2.45, 2.75) is 12.1 Å². The van der Waals surface area contributed by atoms with Crippen LogP contribution in [-0.2, 0) is 12.1 Å². The van der Waals surface area contributed by atoms with Gasteiger partial charge in [-0.1, -0.05) is 121 Å². The third-order valence-electron chi connectivity index (χ3n) is 7.70. The van der Waals surface area contributed by atoms with Gasteiger partial charge in [0.2, 0.25) is 0 Å². The Morgan fingerprint density at radius 2 is 1.10 bits per heavy atom. The number of benzene rings is 5. The molecule has 39 heavy (non-hydrogen) atoms. The van der Waals surface area contributed by atoms with E-state index in [2.05, 4.69) is 125 Å². The van der Waals surface area contributed by atoms with Crippen molar-refractivity contribution < 1.29 is 0 Å². The maximum atomic E-state index is 13.1. The Balaban J connectivity index is 1.52. The van der Waals surface area contributed by atoms with Crippen molar-refractivity contribution in [2.24, 2.45) is 0 Å². The lowest BCUT2D eigenvalue weighted by Gasteiger charge is -2.38. The van der Waals surface area contributed by atoms with Crippen molar-refractivity contribution in [2.75, 3.05) is 0 Å². The Hall–Kier alpha value is -5.09. The summed E-state index contributed by atoms with van der Waals surface area (Å²) in [6.07, 6.45) is 2.18. The zero-order chi connectivity index (χ0) is 26.2. The van der Waals surface area contributed by atoms with Crippen LogP contribution in [0.3, 0.4) is 0 Å². The van der Waals surface area contributed by atoms with Crippen molar-refractivity contribution in [3.63, 3.8) is 0 Å². The Morgan fingerprint density at radius 1 is 0.590 bits per heavy atom. The first-order valence-corrected chi connectivity index (χ1v) is 13.2. The Morgan fingerprint density at radius 3 is 1.64 bits per heavy atom. The minimum absolute atomic E-state index is 0.103. The lowest BCUT2D eigenvalue weighted by atomic mass is 9.76. The van der Waals surface area contributed by atoms with Crippen LogP contribution in [0.15, 0.2) is 151 Å². The van der Waals surface area contributed by atoms with Crippen molar-refractivity contribution >= 4 is 21.9 Å². The summed E-state index contributed by atoms with van der Waals surface area (Å²) in [7, 11) is 0. The van der Waals surface area contributed by atoms with E-state index >= 15 is 0 Å². The van der Waals surface area contributed by atoms with Gasteiger partial charge in [-0.15, -0.1) is 0 Å². The number of nitrogens with zero attached hydrogens (tertiary/aromatic N) is 2. The number of aromatic amines is 1. The van der Waals surface area contributed by atoms with E-state index < -0.39 is 5.54 Å². The van der Waals surface area contributed by atoms with Gasteiger partial charge in [0.1, 0.15) is 5.54 Å². The molecule has 1 N–H and O–H groups in total. The van der Waals surface area contributed by atoms with E-state index in [0.29, 0.717) is 6.54 Å². The molecule has 0 amide bonds. The molecule has 0 aliphatic rings. The molecular weight excluding hydrogens is 478 g/mol. The molecule has 0 radical (unpaired) electrons. The molecule has 4 heteroatoms. The van der Waals surface area contributed by atoms with Crippen molar-refractivity contribution in [3.8, 4) is 0 Å². The van der Waals surface area contributed by atoms with Gasteiger partial charge in [0, 0.05) is 11.6 Å². The zero-order valence-corrected chi connectivity index (χ0v) is 21.4. The molecule has 0 aliphatic heterocycles. The second-order valence-electron chi connectivity index (χ2n) is 9.92. The van der Waals surface area contributed by atoms with Gasteiger partial charge in [0.05, 0.1) is 23.1 Å². The average molecular weight is 506 g/mol. The van der Waals surface area contributed by atoms with Crippen LogP contribution < -0.4 is 5.69 Å². The van der Waals surface area contributed by atoms with Gasteiger partial charge in [-0.3, -0.25) is 4.57 Å². The van der Waals surface area contributed by atoms with Crippen LogP contribution in [0.25, 0.3) is 21.9 Å². The molecule has 0 saturated carbocycles. The Bertz CT molecular complexity index is 1840. The predicted molar refractivity (Wildman–Crippen MR) is 158 cm³/mol. The minimum Gasteiger partial charge on any atom is -0.329 e. The molecule has 7 rings (SSSR count). The molecule has 2 aromatic heterocycles. The van der Waals surface area contributed by atoms with E-state index in [-0.39, 0.29) is 5.69 Å². The SMILES string of the molecule is O=c1[nH]c2cc3c(ccn3C(c3ccccc3)(c3ccccc3)c3ccccc3)cc2n1Cc1ccccc1. The number of rotatable bonds is 6. The normalized spacial score (nSPS) is 11.8. The number of fused-ring (bicyclic) bond motifs is 2. The molecule has 0 bridgehead atoms. The molecule has 5 aromatic carbocycles. The van der Waals surface area contributed by atoms with Crippen molar-refractivity contribution in [1.82, 2.24) is 14.1 Å². The number of H-pyrrole nitrogens is 1. The minimum atomic E-state index is -0.619. The summed E-state index contributed by atoms with van der Waals surface area (Å²) in [6.45, 7) is 0.522. The topological polar surface area (TPSA) is 42.7 Å². The first-order valence-electron chi connectivity index (χ1n) is 13.2. The highest BCUT2D eigenvalue weighted by molar-refractivity contribution is 5.94. The van der Waals surface area contributed by atoms with Crippen LogP contribution in [0, 0.1) is 0 Å². The number of hydrogen-bond donors (Lipinski definition) is 1. The smallest absolute Gasteiger partial charge is 0.326 e. The molecule has 0 fully saturated rings. The lowest BCUT2D eigenvalue weighted by molar-refractivity contribution is 0.534. The Labute approximate surface area is 226 Å². The standard InChI is InChI=1S/C35H27N3O/c39-34-36-31-24-32-27(23-33(31)37(34)25-26-13-5-1-6-14-26)21-22-38(32)35(28-15-7-2-8-16-28,29-17-9-3-10-18-29)30-19-11-4-12-20-30/h1-24H,25H2,(H,36,39). The molecule has 2 heterocycles. The van der Waals surface area contributed by atoms with Crippen LogP contribution in [0.1, 0.15) is 22.3 Å². The molecule has 7 aromatic rings. The molecule has 0 saturated heterocycles. The molecule has 0 aliphatic carbocycles. The van der Waals surface area contributed by atoms with Gasteiger partial charge < -0.3 is 9.55 Å². The molecule has 0 unspecified atom stereocenters. The first kappa shape index (κ1) is 23.1. The lowest BCUT2D eigenvalue weighted by Crippen LogP contribution is -2.37. The summed E-state index contributed by atoms with van der Waals surface area (Å²) < 4.78 is 4.18. The molecule has 0 spiro atoms. The maximum Gasteiger partial charge on any atom is 0.326 e. The third kappa shape index (κ3) is 3.72. The van der Waals surface area contributed by atoms with Gasteiger partial charge in [-0.05, 0) is 40.5 Å². The maximum absolute atomic E-state index is 13.1. The molecule has 188 valence electrons. The van der Waals surface area contributed by atoms with E-state index in [1.165, 1.54) is 0 Å². The van der Waals surface area contributed by atoms with Gasteiger partial charge in [0.25, 0.3) is 0 Å². The van der Waals surface area contributed by atoms with E-state index in [1.807, 2.05) is 34.9 Å². The first-order chi connectivity index (χ1) is 19.2. The third-order valence-corrected chi connectivity index (χ3v) is 7.70. The molecule has 0 atom stereocenters. The number of hydrogen-bond acceptors (Lipinski definition) is 1. The Kier molecular flexibility index (Phi) is 5.52. The van der Waals surface area contributed by atoms with Crippen molar-refractivity contribution in [3.05, 3.63) is 178 Å². The summed E-state index contributed by atoms with van der Waals surface area (Å²) >= 11 is 0. The highest BCUT2D eigenvalue weighted by atomic mass is 16.1. The van der Waals surface area contributed by atoms with E-state index in [9.17, 15) is 4.79 Å². The molecule has 4 nitrogen and oxygen atoms in total. The monoisotopic (exact) mass is 505 g/mol. The zero-order valence-electron chi connectivity index (χ0n) is 21.4. The highest BCUT2D eigenvalue weighted by Gasteiger charge is 2.39. The van der Waals surface area contributed by atoms with Crippen molar-refractivity contribution in [1.29, 1.82) is 0 Å². The summed E-state index contributed by atoms with van der Waals surface area (Å²) in [4.78, 5) is 16.2. The summed E-state index contributed by atoms with van der Waals surface area (Å²) in [5.41, 5.74) is 6.63. The van der Waals surface area contributed by atoms with Gasteiger partial charge in [-0.2, -0.15) is 0 Å². The largest absolute Gasteiger partial charge is 0.329 e. The van der Waals surface area contributed by atoms with Crippen LogP contribution >= 0.6 is 0 Å².